The molecule has 52 heavy (non-hydrogen) atoms. The number of nitrogens with zero attached hydrogens (tertiary/aromatic N) is 4. The van der Waals surface area contributed by atoms with Crippen LogP contribution < -0.4 is 9.25 Å². The Morgan fingerprint density at radius 2 is 1.60 bits per heavy atom. The first-order chi connectivity index (χ1) is 25.2. The lowest BCUT2D eigenvalue weighted by atomic mass is 9.59. The molecule has 3 aliphatic rings. The molecule has 0 saturated carbocycles. The van der Waals surface area contributed by atoms with E-state index >= 15 is 0 Å². The number of imidazole rings is 1. The maximum absolute atomic E-state index is 2.71. The van der Waals surface area contributed by atoms with Gasteiger partial charge in [0.1, 0.15) is 23.1 Å². The third-order valence-corrected chi connectivity index (χ3v) is 14.1. The van der Waals surface area contributed by atoms with Crippen molar-refractivity contribution in [2.75, 3.05) is 0 Å². The number of aryl methyl sites for hydroxylation is 1. The molecule has 3 unspecified atom stereocenters. The van der Waals surface area contributed by atoms with Crippen LogP contribution in [0.15, 0.2) is 104 Å². The van der Waals surface area contributed by atoms with Crippen LogP contribution in [0, 0.1) is 0 Å². The maximum atomic E-state index is 2.71. The van der Waals surface area contributed by atoms with Crippen molar-refractivity contribution in [3.05, 3.63) is 131 Å². The first kappa shape index (κ1) is 32.0. The average Bonchev–Trinajstić information content (AvgIpc) is 3.77. The Morgan fingerprint density at radius 1 is 0.788 bits per heavy atom. The van der Waals surface area contributed by atoms with E-state index in [0.717, 1.165) is 38.6 Å². The van der Waals surface area contributed by atoms with E-state index < -0.39 is 0 Å². The summed E-state index contributed by atoms with van der Waals surface area (Å²) in [5.41, 5.74) is 14.1. The second kappa shape index (κ2) is 11.2. The van der Waals surface area contributed by atoms with E-state index in [1.54, 1.807) is 0 Å². The van der Waals surface area contributed by atoms with Crippen LogP contribution in [0.2, 0.25) is 0 Å². The molecule has 6 heterocycles. The predicted molar refractivity (Wildman–Crippen MR) is 213 cm³/mol. The summed E-state index contributed by atoms with van der Waals surface area (Å²) in [6.45, 7) is 15.7. The molecule has 0 radical (unpaired) electrons. The largest absolute Gasteiger partial charge is 0.295 e. The minimum atomic E-state index is -0.109. The zero-order chi connectivity index (χ0) is 35.6. The Morgan fingerprint density at radius 3 is 2.38 bits per heavy atom. The number of para-hydroxylation sites is 1. The molecule has 0 saturated heterocycles. The quantitative estimate of drug-likeness (QED) is 0.112. The Bertz CT molecular complexity index is 2570. The lowest BCUT2D eigenvalue weighted by molar-refractivity contribution is -0.841. The molecule has 3 aromatic heterocycles. The molecule has 262 valence electrons. The normalized spacial score (nSPS) is 22.5. The SMILES string of the molecule is CCCCc1cn2[n+](c1)C(CC)(CC1C[n+]3cc4n5c6c(ccc(-c7ccccc7)c6c6cccc1c6c53)C(C)(C)C4)C(C)(CC)c1ccccc1-2. The number of fused-ring (bicyclic) bond motifs is 4. The highest BCUT2D eigenvalue weighted by atomic mass is 15.4. The maximum Gasteiger partial charge on any atom is 0.295 e. The van der Waals surface area contributed by atoms with Gasteiger partial charge in [-0.3, -0.25) is 0 Å². The van der Waals surface area contributed by atoms with Gasteiger partial charge in [0.2, 0.25) is 5.54 Å². The van der Waals surface area contributed by atoms with E-state index in [4.69, 9.17) is 0 Å². The molecular formula is C48H52N4+2. The molecule has 7 aromatic rings. The van der Waals surface area contributed by atoms with Crippen LogP contribution in [0.3, 0.4) is 0 Å². The Labute approximate surface area is 308 Å². The molecule has 0 bridgehead atoms. The Hall–Kier alpha value is -4.70. The van der Waals surface area contributed by atoms with Crippen molar-refractivity contribution in [1.82, 2.24) is 9.08 Å². The van der Waals surface area contributed by atoms with E-state index in [1.165, 1.54) is 84.9 Å². The Balaban J connectivity index is 1.24. The van der Waals surface area contributed by atoms with Gasteiger partial charge in [0, 0.05) is 52.5 Å². The zero-order valence-corrected chi connectivity index (χ0v) is 31.8. The van der Waals surface area contributed by atoms with Crippen LogP contribution in [0.25, 0.3) is 44.1 Å². The number of hydrogen-bond acceptors (Lipinski definition) is 0. The van der Waals surface area contributed by atoms with Crippen molar-refractivity contribution in [2.45, 2.75) is 115 Å². The summed E-state index contributed by atoms with van der Waals surface area (Å²) >= 11 is 0. The van der Waals surface area contributed by atoms with Crippen LogP contribution in [0.4, 0.5) is 0 Å². The summed E-state index contributed by atoms with van der Waals surface area (Å²) in [6, 6.07) is 32.5. The van der Waals surface area contributed by atoms with Crippen LogP contribution in [-0.4, -0.2) is 9.08 Å². The summed E-state index contributed by atoms with van der Waals surface area (Å²) in [5, 5.41) is 4.26. The number of aromatic nitrogens is 4. The molecule has 0 N–H and O–H groups in total. The minimum absolute atomic E-state index is 0.0365. The monoisotopic (exact) mass is 684 g/mol. The van der Waals surface area contributed by atoms with Crippen molar-refractivity contribution < 1.29 is 9.25 Å². The third-order valence-electron chi connectivity index (χ3n) is 14.1. The van der Waals surface area contributed by atoms with Gasteiger partial charge in [-0.25, -0.2) is 4.57 Å². The predicted octanol–water partition coefficient (Wildman–Crippen LogP) is 10.4. The van der Waals surface area contributed by atoms with Crippen LogP contribution in [-0.2, 0) is 35.8 Å². The van der Waals surface area contributed by atoms with Gasteiger partial charge in [-0.15, -0.1) is 9.36 Å². The van der Waals surface area contributed by atoms with E-state index in [1.807, 2.05) is 0 Å². The summed E-state index contributed by atoms with van der Waals surface area (Å²) < 4.78 is 10.6. The number of unbranched alkanes of at least 4 members (excludes halogenated alkanes) is 1. The summed E-state index contributed by atoms with van der Waals surface area (Å²) in [6.07, 6.45) is 15.4. The topological polar surface area (TPSA) is 17.1 Å². The molecular weight excluding hydrogens is 633 g/mol. The number of hydrogen-bond donors (Lipinski definition) is 0. The van der Waals surface area contributed by atoms with Crippen LogP contribution in [0.5, 0.6) is 0 Å². The minimum Gasteiger partial charge on any atom is -0.229 e. The zero-order valence-electron chi connectivity index (χ0n) is 31.8. The van der Waals surface area contributed by atoms with Gasteiger partial charge >= 0.3 is 0 Å². The van der Waals surface area contributed by atoms with Gasteiger partial charge in [-0.1, -0.05) is 120 Å². The summed E-state index contributed by atoms with van der Waals surface area (Å²) in [7, 11) is 0. The van der Waals surface area contributed by atoms with Gasteiger partial charge in [0.25, 0.3) is 5.65 Å². The smallest absolute Gasteiger partial charge is 0.229 e. The first-order valence-corrected chi connectivity index (χ1v) is 20.0. The fourth-order valence-electron chi connectivity index (χ4n) is 11.3. The molecule has 0 amide bonds. The van der Waals surface area contributed by atoms with E-state index in [9.17, 15) is 0 Å². The molecule has 10 rings (SSSR count). The van der Waals surface area contributed by atoms with Gasteiger partial charge in [0.15, 0.2) is 6.20 Å². The van der Waals surface area contributed by atoms with Gasteiger partial charge in [-0.2, -0.15) is 4.40 Å². The second-order valence-corrected chi connectivity index (χ2v) is 17.1. The highest BCUT2D eigenvalue weighted by molar-refractivity contribution is 6.18. The van der Waals surface area contributed by atoms with Crippen LogP contribution >= 0.6 is 0 Å². The molecule has 0 aliphatic carbocycles. The summed E-state index contributed by atoms with van der Waals surface area (Å²) in [5.74, 6) is 0.362. The summed E-state index contributed by atoms with van der Waals surface area (Å²) in [4.78, 5) is 0. The number of benzene rings is 4. The van der Waals surface area contributed by atoms with Crippen LogP contribution in [0.1, 0.15) is 108 Å². The highest BCUT2D eigenvalue weighted by Crippen LogP contribution is 2.54. The standard InChI is InChI=1S/C48H52N4/c1-7-10-17-32-28-50-41-23-15-14-22-39(41)47(6,8-2)48(9-3,51(50)29-32)26-34-30-49-31-35-27-46(4,5)40-25-24-37(33-18-12-11-13-19-33)42-38-21-16-20-36(34)43(38)45(49)52(35)44(40)42/h11-16,18-25,28-29,31,34H,7-10,17,26-27,30H2,1-6H3/q+2. The molecule has 4 heteroatoms. The van der Waals surface area contributed by atoms with Crippen molar-refractivity contribution in [1.29, 1.82) is 0 Å². The van der Waals surface area contributed by atoms with Gasteiger partial charge < -0.3 is 0 Å². The van der Waals surface area contributed by atoms with E-state index in [2.05, 4.69) is 163 Å². The number of rotatable bonds is 8. The molecule has 4 nitrogen and oxygen atoms in total. The van der Waals surface area contributed by atoms with Crippen molar-refractivity contribution in [2.24, 2.45) is 0 Å². The van der Waals surface area contributed by atoms with Crippen molar-refractivity contribution >= 4 is 27.3 Å². The van der Waals surface area contributed by atoms with Crippen molar-refractivity contribution in [3.8, 4) is 16.8 Å². The lowest BCUT2D eigenvalue weighted by Crippen LogP contribution is -2.72. The van der Waals surface area contributed by atoms with E-state index in [-0.39, 0.29) is 16.4 Å². The third kappa shape index (κ3) is 4.04. The fraction of sp³-hybridized carbons (Fsp3) is 0.375. The number of pyridine rings is 1. The molecule has 0 spiro atoms. The Kier molecular flexibility index (Phi) is 6.86. The molecule has 3 aliphatic heterocycles. The first-order valence-electron chi connectivity index (χ1n) is 20.0. The highest BCUT2D eigenvalue weighted by Gasteiger charge is 2.61. The van der Waals surface area contributed by atoms with Gasteiger partial charge in [0.05, 0.1) is 23.5 Å². The van der Waals surface area contributed by atoms with E-state index in [0.29, 0.717) is 5.92 Å². The second-order valence-electron chi connectivity index (χ2n) is 17.1. The fourth-order valence-corrected chi connectivity index (χ4v) is 11.3. The molecule has 4 aromatic carbocycles. The molecule has 0 fully saturated rings. The molecule has 3 atom stereocenters. The van der Waals surface area contributed by atoms with Crippen molar-refractivity contribution in [3.63, 3.8) is 0 Å². The average molecular weight is 685 g/mol. The lowest BCUT2D eigenvalue weighted by Gasteiger charge is -2.48. The van der Waals surface area contributed by atoms with Gasteiger partial charge in [-0.05, 0) is 54.5 Å².